The van der Waals surface area contributed by atoms with E-state index in [-0.39, 0.29) is 21.4 Å². The van der Waals surface area contributed by atoms with Crippen molar-refractivity contribution in [2.75, 3.05) is 11.4 Å². The normalized spacial score (nSPS) is 13.6. The molecule has 0 N–H and O–H groups in total. The van der Waals surface area contributed by atoms with Crippen LogP contribution in [0.1, 0.15) is 28.0 Å². The van der Waals surface area contributed by atoms with Gasteiger partial charge in [0.25, 0.3) is 5.91 Å². The number of carbonyl (C=O) groups excluding carboxylic acids is 1. The highest BCUT2D eigenvalue weighted by molar-refractivity contribution is 6.34. The van der Waals surface area contributed by atoms with Gasteiger partial charge in [-0.15, -0.1) is 0 Å². The Morgan fingerprint density at radius 2 is 1.84 bits per heavy atom. The van der Waals surface area contributed by atoms with E-state index in [1.165, 1.54) is 23.1 Å². The highest BCUT2D eigenvalue weighted by atomic mass is 35.5. The fourth-order valence-corrected chi connectivity index (χ4v) is 3.71. The summed E-state index contributed by atoms with van der Waals surface area (Å²) in [4.78, 5) is 18.5. The topological polar surface area (TPSA) is 42.4 Å². The first-order chi connectivity index (χ1) is 14.7. The van der Waals surface area contributed by atoms with Gasteiger partial charge in [0, 0.05) is 23.3 Å². The number of anilines is 1. The Labute approximate surface area is 186 Å². The molecule has 3 aromatic rings. The van der Waals surface area contributed by atoms with Gasteiger partial charge in [-0.1, -0.05) is 41.4 Å². The van der Waals surface area contributed by atoms with Crippen LogP contribution in [-0.4, -0.2) is 17.4 Å². The van der Waals surface area contributed by atoms with E-state index in [2.05, 4.69) is 4.98 Å². The summed E-state index contributed by atoms with van der Waals surface area (Å²) >= 11 is 12.0. The van der Waals surface area contributed by atoms with E-state index in [9.17, 15) is 18.0 Å². The van der Waals surface area contributed by atoms with Crippen molar-refractivity contribution in [3.63, 3.8) is 0 Å². The highest BCUT2D eigenvalue weighted by Gasteiger charge is 2.35. The lowest BCUT2D eigenvalue weighted by Gasteiger charge is -2.30. The number of ether oxygens (including phenoxy) is 1. The molecule has 2 heterocycles. The van der Waals surface area contributed by atoms with Crippen molar-refractivity contribution in [1.82, 2.24) is 4.98 Å². The van der Waals surface area contributed by atoms with Crippen LogP contribution in [-0.2, 0) is 12.6 Å². The van der Waals surface area contributed by atoms with Crippen molar-refractivity contribution < 1.29 is 22.7 Å². The van der Waals surface area contributed by atoms with Crippen LogP contribution >= 0.6 is 23.2 Å². The van der Waals surface area contributed by atoms with E-state index in [1.54, 1.807) is 12.1 Å². The lowest BCUT2D eigenvalue weighted by atomic mass is 10.0. The number of nitrogens with zero attached hydrogens (tertiary/aromatic N) is 2. The van der Waals surface area contributed by atoms with Gasteiger partial charge < -0.3 is 9.64 Å². The van der Waals surface area contributed by atoms with Crippen LogP contribution in [0.15, 0.2) is 54.6 Å². The summed E-state index contributed by atoms with van der Waals surface area (Å²) in [5.74, 6) is -1.01. The molecule has 0 spiro atoms. The van der Waals surface area contributed by atoms with E-state index in [4.69, 9.17) is 27.9 Å². The van der Waals surface area contributed by atoms with E-state index >= 15 is 0 Å². The number of para-hydroxylation sites is 1. The van der Waals surface area contributed by atoms with Gasteiger partial charge in [0.05, 0.1) is 5.02 Å². The Morgan fingerprint density at radius 3 is 2.61 bits per heavy atom. The minimum Gasteiger partial charge on any atom is -0.437 e. The Bertz CT molecular complexity index is 1150. The quantitative estimate of drug-likeness (QED) is 0.426. The summed E-state index contributed by atoms with van der Waals surface area (Å²) in [5.41, 5.74) is 0.407. The zero-order chi connectivity index (χ0) is 22.2. The first-order valence-corrected chi connectivity index (χ1v) is 10.1. The van der Waals surface area contributed by atoms with Crippen LogP contribution in [0, 0.1) is 0 Å². The number of aryl methyl sites for hydroxylation is 1. The lowest BCUT2D eigenvalue weighted by molar-refractivity contribution is -0.141. The number of hydrogen-bond donors (Lipinski definition) is 0. The minimum atomic E-state index is -4.71. The Hall–Kier alpha value is -2.77. The average molecular weight is 467 g/mol. The van der Waals surface area contributed by atoms with Gasteiger partial charge in [-0.3, -0.25) is 4.79 Å². The number of carbonyl (C=O) groups is 1. The minimum absolute atomic E-state index is 0.00548. The molecule has 9 heteroatoms. The van der Waals surface area contributed by atoms with Crippen molar-refractivity contribution >= 4 is 34.8 Å². The second-order valence-corrected chi connectivity index (χ2v) is 7.76. The molecular formula is C22H15Cl2F3N2O2. The summed E-state index contributed by atoms with van der Waals surface area (Å²) in [6.45, 7) is 0.425. The van der Waals surface area contributed by atoms with Gasteiger partial charge in [-0.05, 0) is 48.7 Å². The second-order valence-electron chi connectivity index (χ2n) is 6.91. The number of benzene rings is 2. The van der Waals surface area contributed by atoms with Crippen LogP contribution in [0.3, 0.4) is 0 Å². The van der Waals surface area contributed by atoms with Crippen molar-refractivity contribution in [2.24, 2.45) is 0 Å². The number of fused-ring (bicyclic) bond motifs is 1. The van der Waals surface area contributed by atoms with Gasteiger partial charge in [-0.25, -0.2) is 4.98 Å². The maximum Gasteiger partial charge on any atom is 0.433 e. The highest BCUT2D eigenvalue weighted by Crippen LogP contribution is 2.37. The Morgan fingerprint density at radius 1 is 1.06 bits per heavy atom. The molecule has 0 saturated heterocycles. The monoisotopic (exact) mass is 466 g/mol. The zero-order valence-corrected chi connectivity index (χ0v) is 17.4. The van der Waals surface area contributed by atoms with Crippen LogP contribution in [0.4, 0.5) is 18.9 Å². The Kier molecular flexibility index (Phi) is 5.81. The molecule has 1 aliphatic rings. The fraction of sp³-hybridized carbons (Fsp3) is 0.182. The second kappa shape index (κ2) is 8.40. The van der Waals surface area contributed by atoms with Crippen molar-refractivity contribution in [3.05, 3.63) is 81.5 Å². The third-order valence-electron chi connectivity index (χ3n) is 4.84. The molecule has 31 heavy (non-hydrogen) atoms. The SMILES string of the molecule is O=C(c1ccc(C(F)(F)F)nc1Oc1cc(Cl)ccc1Cl)N1CCCc2ccccc21. The van der Waals surface area contributed by atoms with E-state index < -0.39 is 23.7 Å². The smallest absolute Gasteiger partial charge is 0.433 e. The lowest BCUT2D eigenvalue weighted by Crippen LogP contribution is -2.35. The first-order valence-electron chi connectivity index (χ1n) is 9.35. The summed E-state index contributed by atoms with van der Waals surface area (Å²) < 4.78 is 45.4. The van der Waals surface area contributed by atoms with Gasteiger partial charge >= 0.3 is 6.18 Å². The Balaban J connectivity index is 1.79. The van der Waals surface area contributed by atoms with E-state index in [0.29, 0.717) is 12.2 Å². The fourth-order valence-electron chi connectivity index (χ4n) is 3.39. The van der Waals surface area contributed by atoms with Crippen molar-refractivity contribution in [2.45, 2.75) is 19.0 Å². The first kappa shape index (κ1) is 21.5. The predicted molar refractivity (Wildman–Crippen MR) is 112 cm³/mol. The molecule has 1 aromatic heterocycles. The maximum absolute atomic E-state index is 13.4. The number of rotatable bonds is 3. The number of pyridine rings is 1. The van der Waals surface area contributed by atoms with Crippen molar-refractivity contribution in [1.29, 1.82) is 0 Å². The van der Waals surface area contributed by atoms with Gasteiger partial charge in [0.1, 0.15) is 17.0 Å². The van der Waals surface area contributed by atoms with Crippen LogP contribution < -0.4 is 9.64 Å². The zero-order valence-electron chi connectivity index (χ0n) is 15.9. The number of aromatic nitrogens is 1. The molecule has 0 radical (unpaired) electrons. The molecule has 0 unspecified atom stereocenters. The maximum atomic E-state index is 13.4. The number of amides is 1. The summed E-state index contributed by atoms with van der Waals surface area (Å²) in [7, 11) is 0. The van der Waals surface area contributed by atoms with Gasteiger partial charge in [-0.2, -0.15) is 13.2 Å². The summed E-state index contributed by atoms with van der Waals surface area (Å²) in [6.07, 6.45) is -3.17. The molecule has 1 amide bonds. The van der Waals surface area contributed by atoms with Gasteiger partial charge in [0.2, 0.25) is 5.88 Å². The molecule has 160 valence electrons. The molecule has 0 fully saturated rings. The molecule has 0 saturated carbocycles. The molecule has 2 aromatic carbocycles. The number of hydrogen-bond acceptors (Lipinski definition) is 3. The van der Waals surface area contributed by atoms with E-state index in [1.807, 2.05) is 12.1 Å². The molecule has 4 rings (SSSR count). The predicted octanol–water partition coefficient (Wildman–Crippen LogP) is 6.79. The van der Waals surface area contributed by atoms with Gasteiger partial charge in [0.15, 0.2) is 0 Å². The molecule has 0 bridgehead atoms. The molecule has 1 aliphatic heterocycles. The van der Waals surface area contributed by atoms with Crippen LogP contribution in [0.2, 0.25) is 10.0 Å². The van der Waals surface area contributed by atoms with Crippen LogP contribution in [0.25, 0.3) is 0 Å². The van der Waals surface area contributed by atoms with E-state index in [0.717, 1.165) is 30.5 Å². The molecule has 0 aliphatic carbocycles. The van der Waals surface area contributed by atoms with Crippen LogP contribution in [0.5, 0.6) is 11.6 Å². The number of halogens is 5. The third kappa shape index (κ3) is 4.48. The molecular weight excluding hydrogens is 452 g/mol. The molecule has 0 atom stereocenters. The molecule has 4 nitrogen and oxygen atoms in total. The van der Waals surface area contributed by atoms with Crippen molar-refractivity contribution in [3.8, 4) is 11.6 Å². The summed E-state index contributed by atoms with van der Waals surface area (Å²) in [6, 6.07) is 13.5. The number of alkyl halides is 3. The average Bonchev–Trinajstić information content (AvgIpc) is 2.75. The largest absolute Gasteiger partial charge is 0.437 e. The standard InChI is InChI=1S/C22H15Cl2F3N2O2/c23-14-7-9-16(24)18(12-14)31-20-15(8-10-19(28-20)22(25,26)27)21(30)29-11-3-5-13-4-1-2-6-17(13)29/h1-2,4,6-10,12H,3,5,11H2. The summed E-state index contributed by atoms with van der Waals surface area (Å²) in [5, 5.41) is 0.384. The third-order valence-corrected chi connectivity index (χ3v) is 5.38.